The van der Waals surface area contributed by atoms with E-state index in [2.05, 4.69) is 21.4 Å². The molecular formula is C20H27N3O3S. The average Bonchev–Trinajstić information content (AvgIpc) is 2.56. The molecule has 27 heavy (non-hydrogen) atoms. The highest BCUT2D eigenvalue weighted by molar-refractivity contribution is 7.89. The summed E-state index contributed by atoms with van der Waals surface area (Å²) in [6.07, 6.45) is 0. The second-order valence-electron chi connectivity index (χ2n) is 6.97. The Morgan fingerprint density at radius 2 is 1.59 bits per heavy atom. The van der Waals surface area contributed by atoms with Crippen molar-refractivity contribution in [2.45, 2.75) is 51.6 Å². The van der Waals surface area contributed by atoms with Crippen molar-refractivity contribution < 1.29 is 13.2 Å². The number of benzene rings is 2. The van der Waals surface area contributed by atoms with Crippen molar-refractivity contribution in [3.63, 3.8) is 0 Å². The fourth-order valence-corrected chi connectivity index (χ4v) is 3.87. The van der Waals surface area contributed by atoms with Crippen molar-refractivity contribution in [2.75, 3.05) is 10.6 Å². The van der Waals surface area contributed by atoms with E-state index in [0.29, 0.717) is 5.69 Å². The van der Waals surface area contributed by atoms with E-state index in [1.54, 1.807) is 32.9 Å². The highest BCUT2D eigenvalue weighted by Crippen LogP contribution is 2.18. The number of rotatable bonds is 7. The van der Waals surface area contributed by atoms with Crippen molar-refractivity contribution in [3.8, 4) is 0 Å². The summed E-state index contributed by atoms with van der Waals surface area (Å²) >= 11 is 0. The summed E-state index contributed by atoms with van der Waals surface area (Å²) in [6, 6.07) is 11.5. The summed E-state index contributed by atoms with van der Waals surface area (Å²) in [6.45, 7) is 9.31. The Hall–Kier alpha value is -2.38. The van der Waals surface area contributed by atoms with Gasteiger partial charge in [-0.3, -0.25) is 4.79 Å². The molecule has 0 aromatic heterocycles. The second-order valence-corrected chi connectivity index (χ2v) is 8.69. The lowest BCUT2D eigenvalue weighted by atomic mass is 10.1. The Kier molecular flexibility index (Phi) is 6.62. The van der Waals surface area contributed by atoms with Crippen molar-refractivity contribution in [3.05, 3.63) is 53.6 Å². The Bertz CT molecular complexity index is 907. The number of hydrogen-bond acceptors (Lipinski definition) is 4. The van der Waals surface area contributed by atoms with Crippen LogP contribution in [-0.4, -0.2) is 26.4 Å². The van der Waals surface area contributed by atoms with Gasteiger partial charge in [-0.15, -0.1) is 0 Å². The van der Waals surface area contributed by atoms with Crippen LogP contribution in [0, 0.1) is 13.8 Å². The first-order valence-corrected chi connectivity index (χ1v) is 10.3. The van der Waals surface area contributed by atoms with Crippen LogP contribution < -0.4 is 15.4 Å². The van der Waals surface area contributed by atoms with Crippen LogP contribution in [0.2, 0.25) is 0 Å². The molecular weight excluding hydrogens is 362 g/mol. The summed E-state index contributed by atoms with van der Waals surface area (Å²) in [5.74, 6) is -0.203. The van der Waals surface area contributed by atoms with Crippen LogP contribution in [0.5, 0.6) is 0 Å². The minimum absolute atomic E-state index is 0.163. The van der Waals surface area contributed by atoms with Crippen LogP contribution in [0.15, 0.2) is 47.4 Å². The Labute approximate surface area is 161 Å². The number of anilines is 2. The van der Waals surface area contributed by atoms with Crippen molar-refractivity contribution in [1.82, 2.24) is 4.72 Å². The normalized spacial score (nSPS) is 12.7. The van der Waals surface area contributed by atoms with E-state index in [1.807, 2.05) is 26.0 Å². The Morgan fingerprint density at radius 3 is 2.15 bits per heavy atom. The van der Waals surface area contributed by atoms with Gasteiger partial charge in [0.15, 0.2) is 0 Å². The lowest BCUT2D eigenvalue weighted by Gasteiger charge is -2.17. The van der Waals surface area contributed by atoms with E-state index < -0.39 is 16.1 Å². The lowest BCUT2D eigenvalue weighted by molar-refractivity contribution is -0.116. The zero-order chi connectivity index (χ0) is 20.2. The Balaban J connectivity index is 2.02. The quantitative estimate of drug-likeness (QED) is 0.677. The molecule has 2 rings (SSSR count). The van der Waals surface area contributed by atoms with Crippen LogP contribution in [0.1, 0.15) is 31.9 Å². The van der Waals surface area contributed by atoms with Gasteiger partial charge in [-0.2, -0.15) is 0 Å². The second kappa shape index (κ2) is 8.54. The highest BCUT2D eigenvalue weighted by atomic mass is 32.2. The van der Waals surface area contributed by atoms with Crippen LogP contribution in [0.3, 0.4) is 0 Å². The molecule has 0 bridgehead atoms. The molecule has 0 heterocycles. The molecule has 3 N–H and O–H groups in total. The third-order valence-corrected chi connectivity index (χ3v) is 5.64. The van der Waals surface area contributed by atoms with Gasteiger partial charge < -0.3 is 10.6 Å². The number of carbonyl (C=O) groups excluding carboxylic acids is 1. The summed E-state index contributed by atoms with van der Waals surface area (Å²) in [5.41, 5.74) is 3.68. The first kappa shape index (κ1) is 20.9. The third kappa shape index (κ3) is 5.80. The number of sulfonamides is 1. The summed E-state index contributed by atoms with van der Waals surface area (Å²) in [4.78, 5) is 12.6. The van der Waals surface area contributed by atoms with Crippen molar-refractivity contribution in [2.24, 2.45) is 0 Å². The van der Waals surface area contributed by atoms with E-state index in [-0.39, 0.29) is 16.8 Å². The first-order valence-electron chi connectivity index (χ1n) is 8.85. The molecule has 1 atom stereocenters. The number of carbonyl (C=O) groups is 1. The van der Waals surface area contributed by atoms with Crippen LogP contribution in [0.25, 0.3) is 0 Å². The molecule has 0 aliphatic heterocycles. The fourth-order valence-electron chi connectivity index (χ4n) is 2.62. The predicted octanol–water partition coefficient (Wildman–Crippen LogP) is 3.43. The van der Waals surface area contributed by atoms with Gasteiger partial charge in [0, 0.05) is 17.4 Å². The van der Waals surface area contributed by atoms with Crippen LogP contribution in [-0.2, 0) is 14.8 Å². The average molecular weight is 390 g/mol. The molecule has 0 saturated heterocycles. The fraction of sp³-hybridized carbons (Fsp3) is 0.350. The van der Waals surface area contributed by atoms with Gasteiger partial charge in [0.1, 0.15) is 6.04 Å². The maximum Gasteiger partial charge on any atom is 0.246 e. The summed E-state index contributed by atoms with van der Waals surface area (Å²) in [5, 5.41) is 5.99. The monoisotopic (exact) mass is 389 g/mol. The number of nitrogens with one attached hydrogen (secondary N) is 3. The topological polar surface area (TPSA) is 87.3 Å². The highest BCUT2D eigenvalue weighted by Gasteiger charge is 2.17. The molecule has 0 unspecified atom stereocenters. The minimum atomic E-state index is -3.55. The van der Waals surface area contributed by atoms with Crippen molar-refractivity contribution >= 4 is 27.3 Å². The molecule has 0 spiro atoms. The van der Waals surface area contributed by atoms with Gasteiger partial charge in [-0.05, 0) is 70.5 Å². The molecule has 0 radical (unpaired) electrons. The van der Waals surface area contributed by atoms with E-state index in [9.17, 15) is 13.2 Å². The molecule has 0 saturated carbocycles. The SMILES string of the molecule is Cc1ccc(N[C@@H](C)C(=O)Nc2ccc(S(=O)(=O)NC(C)C)cc2)c(C)c1. The molecule has 0 fully saturated rings. The van der Waals surface area contributed by atoms with Crippen molar-refractivity contribution in [1.29, 1.82) is 0 Å². The van der Waals surface area contributed by atoms with Crippen LogP contribution in [0.4, 0.5) is 11.4 Å². The van der Waals surface area contributed by atoms with Gasteiger partial charge in [0.2, 0.25) is 15.9 Å². The van der Waals surface area contributed by atoms with E-state index in [1.165, 1.54) is 12.1 Å². The molecule has 7 heteroatoms. The van der Waals surface area contributed by atoms with Gasteiger partial charge >= 0.3 is 0 Å². The zero-order valence-corrected chi connectivity index (χ0v) is 17.1. The zero-order valence-electron chi connectivity index (χ0n) is 16.3. The van der Waals surface area contributed by atoms with Crippen LogP contribution >= 0.6 is 0 Å². The molecule has 1 amide bonds. The molecule has 0 aliphatic carbocycles. The molecule has 2 aromatic carbocycles. The molecule has 146 valence electrons. The molecule has 6 nitrogen and oxygen atoms in total. The number of hydrogen-bond donors (Lipinski definition) is 3. The minimum Gasteiger partial charge on any atom is -0.374 e. The standard InChI is InChI=1S/C20H27N3O3S/c1-13(2)23-27(25,26)18-9-7-17(8-10-18)22-20(24)16(5)21-19-11-6-14(3)12-15(19)4/h6-13,16,21,23H,1-5H3,(H,22,24)/t16-/m0/s1. The maximum atomic E-state index is 12.4. The van der Waals surface area contributed by atoms with E-state index >= 15 is 0 Å². The molecule has 2 aromatic rings. The van der Waals surface area contributed by atoms with Gasteiger partial charge in [-0.1, -0.05) is 17.7 Å². The maximum absolute atomic E-state index is 12.4. The van der Waals surface area contributed by atoms with Gasteiger partial charge in [0.05, 0.1) is 4.90 Å². The third-order valence-electron chi connectivity index (χ3n) is 3.97. The lowest BCUT2D eigenvalue weighted by Crippen LogP contribution is -2.32. The van der Waals surface area contributed by atoms with Gasteiger partial charge in [-0.25, -0.2) is 13.1 Å². The van der Waals surface area contributed by atoms with E-state index in [4.69, 9.17) is 0 Å². The Morgan fingerprint density at radius 1 is 0.963 bits per heavy atom. The summed E-state index contributed by atoms with van der Waals surface area (Å²) < 4.78 is 26.8. The van der Waals surface area contributed by atoms with Gasteiger partial charge in [0.25, 0.3) is 0 Å². The smallest absolute Gasteiger partial charge is 0.246 e. The first-order chi connectivity index (χ1) is 12.6. The number of aryl methyl sites for hydroxylation is 2. The predicted molar refractivity (Wildman–Crippen MR) is 110 cm³/mol. The van der Waals surface area contributed by atoms with E-state index in [0.717, 1.165) is 16.8 Å². The number of amides is 1. The summed E-state index contributed by atoms with van der Waals surface area (Å²) in [7, 11) is -3.55. The largest absolute Gasteiger partial charge is 0.374 e. The molecule has 0 aliphatic rings.